The summed E-state index contributed by atoms with van der Waals surface area (Å²) in [5.41, 5.74) is 1.61. The maximum absolute atomic E-state index is 11.7. The number of ether oxygens (including phenoxy) is 1. The van der Waals surface area contributed by atoms with Crippen molar-refractivity contribution < 1.29 is 14.3 Å². The number of hydrogen-bond acceptors (Lipinski definition) is 3. The first-order valence-electron chi connectivity index (χ1n) is 5.98. The van der Waals surface area contributed by atoms with Crippen molar-refractivity contribution in [3.63, 3.8) is 0 Å². The molecule has 3 heteroatoms. The van der Waals surface area contributed by atoms with Gasteiger partial charge in [-0.25, -0.2) is 0 Å². The van der Waals surface area contributed by atoms with Crippen molar-refractivity contribution in [2.75, 3.05) is 6.61 Å². The highest BCUT2D eigenvalue weighted by molar-refractivity contribution is 5.97. The lowest BCUT2D eigenvalue weighted by Crippen LogP contribution is -2.09. The Hall–Kier alpha value is -1.90. The summed E-state index contributed by atoms with van der Waals surface area (Å²) < 4.78 is 4.99. The van der Waals surface area contributed by atoms with Crippen LogP contribution in [0.2, 0.25) is 0 Å². The van der Waals surface area contributed by atoms with E-state index in [0.29, 0.717) is 18.6 Å². The summed E-state index contributed by atoms with van der Waals surface area (Å²) >= 11 is 0. The van der Waals surface area contributed by atoms with Gasteiger partial charge in [0.05, 0.1) is 13.0 Å². The Morgan fingerprint density at radius 1 is 1.11 bits per heavy atom. The van der Waals surface area contributed by atoms with Gasteiger partial charge in [-0.2, -0.15) is 0 Å². The first kappa shape index (κ1) is 14.2. The average molecular weight is 246 g/mol. The van der Waals surface area contributed by atoms with Gasteiger partial charge in [-0.15, -0.1) is 6.58 Å². The molecular weight excluding hydrogens is 228 g/mol. The van der Waals surface area contributed by atoms with Crippen molar-refractivity contribution in [2.24, 2.45) is 0 Å². The van der Waals surface area contributed by atoms with Crippen molar-refractivity contribution in [3.8, 4) is 0 Å². The van der Waals surface area contributed by atoms with Gasteiger partial charge in [0.1, 0.15) is 0 Å². The van der Waals surface area contributed by atoms with Crippen molar-refractivity contribution in [1.82, 2.24) is 0 Å². The zero-order chi connectivity index (χ0) is 13.4. The average Bonchev–Trinajstić information content (AvgIpc) is 2.36. The molecule has 0 aliphatic rings. The Kier molecular flexibility index (Phi) is 5.85. The molecule has 0 atom stereocenters. The Labute approximate surface area is 107 Å². The molecule has 0 saturated heterocycles. The first-order chi connectivity index (χ1) is 8.59. The Morgan fingerprint density at radius 2 is 1.78 bits per heavy atom. The zero-order valence-corrected chi connectivity index (χ0v) is 10.6. The highest BCUT2D eigenvalue weighted by Crippen LogP contribution is 2.06. The van der Waals surface area contributed by atoms with Gasteiger partial charge in [0.15, 0.2) is 5.78 Å². The van der Waals surface area contributed by atoms with E-state index in [1.807, 2.05) is 13.0 Å². The van der Waals surface area contributed by atoms with E-state index < -0.39 is 0 Å². The van der Waals surface area contributed by atoms with Gasteiger partial charge in [-0.1, -0.05) is 35.9 Å². The predicted molar refractivity (Wildman–Crippen MR) is 70.4 cm³/mol. The molecule has 0 spiro atoms. The summed E-state index contributed by atoms with van der Waals surface area (Å²) in [5, 5.41) is 0. The second-order valence-corrected chi connectivity index (χ2v) is 4.22. The quantitative estimate of drug-likeness (QED) is 0.421. The smallest absolute Gasteiger partial charge is 0.306 e. The molecule has 1 aromatic rings. The minimum Gasteiger partial charge on any atom is -0.465 e. The molecule has 0 aliphatic carbocycles. The molecule has 0 saturated carbocycles. The van der Waals surface area contributed by atoms with E-state index in [1.165, 1.54) is 0 Å². The van der Waals surface area contributed by atoms with E-state index in [1.54, 1.807) is 24.3 Å². The number of rotatable bonds is 7. The summed E-state index contributed by atoms with van der Waals surface area (Å²) in [7, 11) is 0. The van der Waals surface area contributed by atoms with E-state index in [4.69, 9.17) is 4.74 Å². The van der Waals surface area contributed by atoms with Crippen LogP contribution in [0.1, 0.15) is 36.5 Å². The van der Waals surface area contributed by atoms with E-state index in [2.05, 4.69) is 6.58 Å². The summed E-state index contributed by atoms with van der Waals surface area (Å²) in [6, 6.07) is 8.95. The summed E-state index contributed by atoms with van der Waals surface area (Å²) in [4.78, 5) is 23.1. The summed E-state index contributed by atoms with van der Waals surface area (Å²) in [5.74, 6) is -0.368. The Bertz CT molecular complexity index is 421. The maximum Gasteiger partial charge on any atom is 0.306 e. The molecule has 1 rings (SSSR count). The van der Waals surface area contributed by atoms with Gasteiger partial charge in [-0.05, 0) is 6.92 Å². The molecule has 3 nitrogen and oxygen atoms in total. The predicted octanol–water partition coefficient (Wildman–Crippen LogP) is 3.16. The largest absolute Gasteiger partial charge is 0.465 e. The molecule has 0 heterocycles. The van der Waals surface area contributed by atoms with Crippen molar-refractivity contribution in [3.05, 3.63) is 48.0 Å². The molecule has 0 N–H and O–H groups in total. The van der Waals surface area contributed by atoms with Crippen LogP contribution >= 0.6 is 0 Å². The monoisotopic (exact) mass is 246 g/mol. The lowest BCUT2D eigenvalue weighted by Gasteiger charge is -2.04. The number of benzene rings is 1. The SMILES string of the molecule is C=C(C)CCOC(=O)CCC(=O)c1ccccc1. The van der Waals surface area contributed by atoms with Crippen LogP contribution in [0.5, 0.6) is 0 Å². The van der Waals surface area contributed by atoms with Gasteiger partial charge < -0.3 is 4.74 Å². The number of carbonyl (C=O) groups is 2. The number of esters is 1. The Morgan fingerprint density at radius 3 is 2.39 bits per heavy atom. The van der Waals surface area contributed by atoms with Crippen LogP contribution in [0.25, 0.3) is 0 Å². The minimum atomic E-state index is -0.333. The summed E-state index contributed by atoms with van der Waals surface area (Å²) in [6.45, 7) is 5.94. The lowest BCUT2D eigenvalue weighted by molar-refractivity contribution is -0.143. The lowest BCUT2D eigenvalue weighted by atomic mass is 10.1. The van der Waals surface area contributed by atoms with Gasteiger partial charge >= 0.3 is 5.97 Å². The highest BCUT2D eigenvalue weighted by Gasteiger charge is 2.09. The molecule has 0 unspecified atom stereocenters. The van der Waals surface area contributed by atoms with E-state index >= 15 is 0 Å². The van der Waals surface area contributed by atoms with E-state index in [-0.39, 0.29) is 24.6 Å². The molecule has 1 aromatic carbocycles. The second-order valence-electron chi connectivity index (χ2n) is 4.22. The number of ketones is 1. The van der Waals surface area contributed by atoms with Crippen LogP contribution in [0.4, 0.5) is 0 Å². The molecule has 0 aromatic heterocycles. The van der Waals surface area contributed by atoms with E-state index in [9.17, 15) is 9.59 Å². The van der Waals surface area contributed by atoms with Gasteiger partial charge in [0.2, 0.25) is 0 Å². The van der Waals surface area contributed by atoms with Crippen LogP contribution in [0.3, 0.4) is 0 Å². The molecule has 96 valence electrons. The fraction of sp³-hybridized carbons (Fsp3) is 0.333. The number of carbonyl (C=O) groups excluding carboxylic acids is 2. The third-order valence-electron chi connectivity index (χ3n) is 2.44. The van der Waals surface area contributed by atoms with E-state index in [0.717, 1.165) is 5.57 Å². The molecule has 0 aliphatic heterocycles. The van der Waals surface area contributed by atoms with Crippen LogP contribution in [0.15, 0.2) is 42.5 Å². The molecule has 0 fully saturated rings. The third kappa shape index (κ3) is 5.43. The molecular formula is C15H18O3. The molecule has 0 amide bonds. The fourth-order valence-corrected chi connectivity index (χ4v) is 1.40. The zero-order valence-electron chi connectivity index (χ0n) is 10.6. The van der Waals surface area contributed by atoms with Crippen LogP contribution in [-0.2, 0) is 9.53 Å². The fourth-order valence-electron chi connectivity index (χ4n) is 1.40. The summed E-state index contributed by atoms with van der Waals surface area (Å²) in [6.07, 6.45) is 0.984. The minimum absolute atomic E-state index is 0.0348. The van der Waals surface area contributed by atoms with Crippen LogP contribution < -0.4 is 0 Å². The second kappa shape index (κ2) is 7.43. The van der Waals surface area contributed by atoms with Gasteiger partial charge in [0.25, 0.3) is 0 Å². The standard InChI is InChI=1S/C15H18O3/c1-12(2)10-11-18-15(17)9-8-14(16)13-6-4-3-5-7-13/h3-7H,1,8-11H2,2H3. The molecule has 0 bridgehead atoms. The van der Waals surface area contributed by atoms with Crippen molar-refractivity contribution >= 4 is 11.8 Å². The normalized spacial score (nSPS) is 9.83. The first-order valence-corrected chi connectivity index (χ1v) is 5.98. The Balaban J connectivity index is 2.26. The maximum atomic E-state index is 11.7. The number of hydrogen-bond donors (Lipinski definition) is 0. The van der Waals surface area contributed by atoms with Gasteiger partial charge in [0, 0.05) is 18.4 Å². The van der Waals surface area contributed by atoms with Crippen molar-refractivity contribution in [2.45, 2.75) is 26.2 Å². The van der Waals surface area contributed by atoms with Crippen molar-refractivity contribution in [1.29, 1.82) is 0 Å². The number of Topliss-reactive ketones (excluding diaryl/α,β-unsaturated/α-hetero) is 1. The van der Waals surface area contributed by atoms with Gasteiger partial charge in [-0.3, -0.25) is 9.59 Å². The van der Waals surface area contributed by atoms with Crippen LogP contribution in [0, 0.1) is 0 Å². The highest BCUT2D eigenvalue weighted by atomic mass is 16.5. The topological polar surface area (TPSA) is 43.4 Å². The molecule has 18 heavy (non-hydrogen) atoms. The molecule has 0 radical (unpaired) electrons. The third-order valence-corrected chi connectivity index (χ3v) is 2.44. The van der Waals surface area contributed by atoms with Crippen LogP contribution in [-0.4, -0.2) is 18.4 Å².